The zero-order chi connectivity index (χ0) is 8.69. The van der Waals surface area contributed by atoms with Crippen LogP contribution in [0.15, 0.2) is 22.6 Å². The van der Waals surface area contributed by atoms with Crippen molar-refractivity contribution in [3.63, 3.8) is 0 Å². The molecular formula is C6H13N5. The maximum absolute atomic E-state index is 5.28. The monoisotopic (exact) mass is 155 g/mol. The van der Waals surface area contributed by atoms with Crippen LogP contribution < -0.4 is 17.2 Å². The minimum absolute atomic E-state index is 0.0788. The van der Waals surface area contributed by atoms with Crippen molar-refractivity contribution in [2.45, 2.75) is 6.42 Å². The first-order chi connectivity index (χ1) is 5.16. The fourth-order valence-corrected chi connectivity index (χ4v) is 0.438. The third-order valence-electron chi connectivity index (χ3n) is 0.851. The van der Waals surface area contributed by atoms with E-state index in [1.54, 1.807) is 6.08 Å². The molecule has 0 bridgehead atoms. The Morgan fingerprint density at radius 3 is 2.45 bits per heavy atom. The summed E-state index contributed by atoms with van der Waals surface area (Å²) in [6.07, 6.45) is 2.51. The molecule has 6 N–H and O–H groups in total. The van der Waals surface area contributed by atoms with E-state index in [0.29, 0.717) is 6.54 Å². The fourth-order valence-electron chi connectivity index (χ4n) is 0.438. The third-order valence-corrected chi connectivity index (χ3v) is 0.851. The highest BCUT2D eigenvalue weighted by atomic mass is 15.1. The van der Waals surface area contributed by atoms with Crippen LogP contribution >= 0.6 is 0 Å². The smallest absolute Gasteiger partial charge is 0.218 e. The van der Waals surface area contributed by atoms with Crippen molar-refractivity contribution in [3.8, 4) is 0 Å². The van der Waals surface area contributed by atoms with Crippen LogP contribution in [-0.2, 0) is 0 Å². The lowest BCUT2D eigenvalue weighted by atomic mass is 10.4. The summed E-state index contributed by atoms with van der Waals surface area (Å²) in [5.41, 5.74) is 15.4. The summed E-state index contributed by atoms with van der Waals surface area (Å²) in [4.78, 5) is 7.34. The van der Waals surface area contributed by atoms with Crippen molar-refractivity contribution in [2.24, 2.45) is 27.2 Å². The molecule has 0 aliphatic rings. The number of aliphatic imine (C=N–C) groups is 2. The molecule has 0 aliphatic carbocycles. The number of guanidine groups is 2. The molecule has 0 rings (SSSR count). The van der Waals surface area contributed by atoms with Crippen LogP contribution in [-0.4, -0.2) is 18.5 Å². The average molecular weight is 155 g/mol. The van der Waals surface area contributed by atoms with Gasteiger partial charge in [0.25, 0.3) is 0 Å². The van der Waals surface area contributed by atoms with Gasteiger partial charge < -0.3 is 17.2 Å². The van der Waals surface area contributed by atoms with Gasteiger partial charge in [-0.25, -0.2) is 0 Å². The minimum atomic E-state index is -0.0788. The highest BCUT2D eigenvalue weighted by Crippen LogP contribution is 1.81. The summed E-state index contributed by atoms with van der Waals surface area (Å²) in [6.45, 7) is 4.08. The number of hydrogen-bond acceptors (Lipinski definition) is 1. The molecule has 0 unspecified atom stereocenters. The summed E-state index contributed by atoms with van der Waals surface area (Å²) in [5, 5.41) is 0. The second-order valence-corrected chi connectivity index (χ2v) is 1.85. The Kier molecular flexibility index (Phi) is 4.55. The molecule has 0 fully saturated rings. The van der Waals surface area contributed by atoms with E-state index in [4.69, 9.17) is 17.2 Å². The molecule has 0 saturated carbocycles. The molecule has 0 amide bonds. The zero-order valence-electron chi connectivity index (χ0n) is 6.33. The van der Waals surface area contributed by atoms with Gasteiger partial charge in [0.2, 0.25) is 5.96 Å². The van der Waals surface area contributed by atoms with Crippen molar-refractivity contribution >= 4 is 11.9 Å². The highest BCUT2D eigenvalue weighted by Gasteiger charge is 1.86. The van der Waals surface area contributed by atoms with E-state index < -0.39 is 0 Å². The maximum Gasteiger partial charge on any atom is 0.218 e. The zero-order valence-corrected chi connectivity index (χ0v) is 6.33. The molecule has 0 atom stereocenters. The van der Waals surface area contributed by atoms with Crippen molar-refractivity contribution in [3.05, 3.63) is 12.7 Å². The van der Waals surface area contributed by atoms with Crippen LogP contribution in [0.2, 0.25) is 0 Å². The van der Waals surface area contributed by atoms with Crippen LogP contribution in [0, 0.1) is 0 Å². The Morgan fingerprint density at radius 1 is 1.36 bits per heavy atom. The van der Waals surface area contributed by atoms with E-state index in [9.17, 15) is 0 Å². The van der Waals surface area contributed by atoms with Crippen LogP contribution in [0.4, 0.5) is 0 Å². The fraction of sp³-hybridized carbons (Fsp3) is 0.333. The van der Waals surface area contributed by atoms with Gasteiger partial charge >= 0.3 is 0 Å². The molecule has 5 heteroatoms. The normalized spacial score (nSPS) is 10.7. The summed E-state index contributed by atoms with van der Waals surface area (Å²) in [7, 11) is 0. The summed E-state index contributed by atoms with van der Waals surface area (Å²) in [5.74, 6) is 0.0247. The lowest BCUT2D eigenvalue weighted by Gasteiger charge is -1.92. The van der Waals surface area contributed by atoms with Gasteiger partial charge in [0.05, 0.1) is 0 Å². The van der Waals surface area contributed by atoms with E-state index in [0.717, 1.165) is 6.42 Å². The van der Waals surface area contributed by atoms with Crippen LogP contribution in [0.25, 0.3) is 0 Å². The van der Waals surface area contributed by atoms with Crippen LogP contribution in [0.3, 0.4) is 0 Å². The van der Waals surface area contributed by atoms with Gasteiger partial charge in [-0.05, 0) is 6.42 Å². The Hall–Kier alpha value is -1.52. The topological polar surface area (TPSA) is 103 Å². The maximum atomic E-state index is 5.28. The summed E-state index contributed by atoms with van der Waals surface area (Å²) >= 11 is 0. The average Bonchev–Trinajstić information content (AvgIpc) is 1.86. The minimum Gasteiger partial charge on any atom is -0.370 e. The summed E-state index contributed by atoms with van der Waals surface area (Å²) in [6, 6.07) is 0. The van der Waals surface area contributed by atoms with Gasteiger partial charge in [-0.1, -0.05) is 6.08 Å². The standard InChI is InChI=1S/C6H13N5/c1-2-3-4-10-6(9)11-5(7)8/h2H,1,3-4H2,(H6,7,8,9,10,11). The third kappa shape index (κ3) is 6.36. The Morgan fingerprint density at radius 2 is 2.00 bits per heavy atom. The molecular weight excluding hydrogens is 142 g/mol. The molecule has 0 saturated heterocycles. The van der Waals surface area contributed by atoms with E-state index >= 15 is 0 Å². The Balaban J connectivity index is 3.81. The number of nitrogens with zero attached hydrogens (tertiary/aromatic N) is 2. The first-order valence-corrected chi connectivity index (χ1v) is 3.17. The number of hydrogen-bond donors (Lipinski definition) is 3. The van der Waals surface area contributed by atoms with E-state index in [1.165, 1.54) is 0 Å². The van der Waals surface area contributed by atoms with Crippen LogP contribution in [0.1, 0.15) is 6.42 Å². The molecule has 62 valence electrons. The predicted octanol–water partition coefficient (Wildman–Crippen LogP) is -0.849. The van der Waals surface area contributed by atoms with Crippen molar-refractivity contribution < 1.29 is 0 Å². The quantitative estimate of drug-likeness (QED) is 0.214. The van der Waals surface area contributed by atoms with Gasteiger partial charge in [0.15, 0.2) is 5.96 Å². The number of rotatable bonds is 3. The van der Waals surface area contributed by atoms with Gasteiger partial charge in [-0.15, -0.1) is 6.58 Å². The molecule has 5 nitrogen and oxygen atoms in total. The highest BCUT2D eigenvalue weighted by molar-refractivity contribution is 5.92. The van der Waals surface area contributed by atoms with Gasteiger partial charge in [-0.2, -0.15) is 4.99 Å². The van der Waals surface area contributed by atoms with Crippen LogP contribution in [0.5, 0.6) is 0 Å². The van der Waals surface area contributed by atoms with Gasteiger partial charge in [0.1, 0.15) is 0 Å². The van der Waals surface area contributed by atoms with Gasteiger partial charge in [-0.3, -0.25) is 4.99 Å². The van der Waals surface area contributed by atoms with Crippen molar-refractivity contribution in [2.75, 3.05) is 6.54 Å². The molecule has 11 heavy (non-hydrogen) atoms. The van der Waals surface area contributed by atoms with Crippen molar-refractivity contribution in [1.82, 2.24) is 0 Å². The molecule has 0 radical (unpaired) electrons. The number of nitrogens with two attached hydrogens (primary N) is 3. The first-order valence-electron chi connectivity index (χ1n) is 3.17. The molecule has 0 aromatic heterocycles. The molecule has 0 spiro atoms. The van der Waals surface area contributed by atoms with E-state index in [2.05, 4.69) is 16.6 Å². The molecule has 0 aromatic carbocycles. The summed E-state index contributed by atoms with van der Waals surface area (Å²) < 4.78 is 0. The van der Waals surface area contributed by atoms with E-state index in [-0.39, 0.29) is 11.9 Å². The van der Waals surface area contributed by atoms with E-state index in [1.807, 2.05) is 0 Å². The van der Waals surface area contributed by atoms with Crippen molar-refractivity contribution in [1.29, 1.82) is 0 Å². The molecule has 0 heterocycles. The van der Waals surface area contributed by atoms with Gasteiger partial charge in [0, 0.05) is 6.54 Å². The first kappa shape index (κ1) is 9.48. The molecule has 0 aliphatic heterocycles. The SMILES string of the molecule is C=CCCN=C(N)N=C(N)N. The lowest BCUT2D eigenvalue weighted by Crippen LogP contribution is -2.26. The molecule has 0 aromatic rings. The second-order valence-electron chi connectivity index (χ2n) is 1.85. The predicted molar refractivity (Wildman–Crippen MR) is 47.1 cm³/mol. The Labute approximate surface area is 65.7 Å². The lowest BCUT2D eigenvalue weighted by molar-refractivity contribution is 1.00. The second kappa shape index (κ2) is 5.28. The Bertz CT molecular complexity index is 177. The largest absolute Gasteiger partial charge is 0.370 e.